The first-order valence-electron chi connectivity index (χ1n) is 10.6. The van der Waals surface area contributed by atoms with E-state index in [1.54, 1.807) is 6.92 Å². The SMILES string of the molecule is CC(=O)OC1CC[C@@]2(C)C(=CC[C@@H]3[C@H]2CC[C@@]2(C)[C@H]3CCC2(O)C(F)(F)F)C1. The Morgan fingerprint density at radius 1 is 1.14 bits per heavy atom. The van der Waals surface area contributed by atoms with Gasteiger partial charge in [-0.25, -0.2) is 0 Å². The number of esters is 1. The van der Waals surface area contributed by atoms with Gasteiger partial charge < -0.3 is 9.84 Å². The van der Waals surface area contributed by atoms with Crippen LogP contribution in [0.25, 0.3) is 0 Å². The summed E-state index contributed by atoms with van der Waals surface area (Å²) in [5.74, 6) is 0.181. The maximum Gasteiger partial charge on any atom is 0.417 e. The highest BCUT2D eigenvalue weighted by molar-refractivity contribution is 5.66. The molecule has 3 fully saturated rings. The van der Waals surface area contributed by atoms with E-state index in [1.807, 2.05) is 0 Å². The van der Waals surface area contributed by atoms with Crippen molar-refractivity contribution in [2.75, 3.05) is 0 Å². The number of ether oxygens (including phenoxy) is 1. The molecule has 4 rings (SSSR count). The third kappa shape index (κ3) is 2.62. The zero-order valence-electron chi connectivity index (χ0n) is 16.9. The van der Waals surface area contributed by atoms with Crippen LogP contribution in [-0.2, 0) is 9.53 Å². The van der Waals surface area contributed by atoms with Gasteiger partial charge in [-0.15, -0.1) is 0 Å². The van der Waals surface area contributed by atoms with Crippen LogP contribution in [0.5, 0.6) is 0 Å². The lowest BCUT2D eigenvalue weighted by atomic mass is 9.47. The predicted molar refractivity (Wildman–Crippen MR) is 98.3 cm³/mol. The molecule has 0 heterocycles. The van der Waals surface area contributed by atoms with Gasteiger partial charge in [0.15, 0.2) is 5.60 Å². The molecule has 7 atom stereocenters. The van der Waals surface area contributed by atoms with Crippen molar-refractivity contribution in [3.8, 4) is 0 Å². The number of allylic oxidation sites excluding steroid dienone is 1. The van der Waals surface area contributed by atoms with E-state index in [1.165, 1.54) is 12.5 Å². The van der Waals surface area contributed by atoms with Gasteiger partial charge in [-0.3, -0.25) is 4.79 Å². The predicted octanol–water partition coefficient (Wildman–Crippen LogP) is 5.17. The first-order chi connectivity index (χ1) is 12.9. The summed E-state index contributed by atoms with van der Waals surface area (Å²) in [7, 11) is 0. The lowest BCUT2D eigenvalue weighted by Gasteiger charge is -2.59. The minimum absolute atomic E-state index is 0.0279. The molecule has 0 aromatic rings. The van der Waals surface area contributed by atoms with Crippen molar-refractivity contribution in [2.45, 2.75) is 90.0 Å². The van der Waals surface area contributed by atoms with Gasteiger partial charge in [-0.1, -0.05) is 25.5 Å². The molecule has 2 unspecified atom stereocenters. The number of alkyl halides is 3. The van der Waals surface area contributed by atoms with Gasteiger partial charge in [-0.05, 0) is 68.1 Å². The molecule has 4 aliphatic carbocycles. The van der Waals surface area contributed by atoms with Gasteiger partial charge in [0.05, 0.1) is 0 Å². The molecule has 28 heavy (non-hydrogen) atoms. The van der Waals surface area contributed by atoms with Crippen LogP contribution in [0.3, 0.4) is 0 Å². The summed E-state index contributed by atoms with van der Waals surface area (Å²) in [6, 6.07) is 0. The molecule has 0 spiro atoms. The number of aliphatic hydroxyl groups is 1. The Kier molecular flexibility index (Phi) is 4.50. The van der Waals surface area contributed by atoms with Crippen molar-refractivity contribution in [3.63, 3.8) is 0 Å². The Labute approximate surface area is 164 Å². The lowest BCUT2D eigenvalue weighted by molar-refractivity contribution is -0.302. The first-order valence-corrected chi connectivity index (χ1v) is 10.6. The molecule has 158 valence electrons. The van der Waals surface area contributed by atoms with Crippen LogP contribution in [0.1, 0.15) is 72.1 Å². The molecule has 3 saturated carbocycles. The Bertz CT molecular complexity index is 702. The number of hydrogen-bond donors (Lipinski definition) is 1. The summed E-state index contributed by atoms with van der Waals surface area (Å²) in [5.41, 5.74) is -2.37. The van der Waals surface area contributed by atoms with E-state index in [0.717, 1.165) is 32.1 Å². The third-order valence-electron chi connectivity index (χ3n) is 9.01. The molecule has 0 amide bonds. The summed E-state index contributed by atoms with van der Waals surface area (Å²) >= 11 is 0. The fourth-order valence-corrected chi connectivity index (χ4v) is 7.44. The van der Waals surface area contributed by atoms with Crippen molar-refractivity contribution in [3.05, 3.63) is 11.6 Å². The molecule has 4 aliphatic rings. The van der Waals surface area contributed by atoms with Gasteiger partial charge >= 0.3 is 12.1 Å². The average molecular weight is 400 g/mol. The van der Waals surface area contributed by atoms with E-state index in [0.29, 0.717) is 18.8 Å². The summed E-state index contributed by atoms with van der Waals surface area (Å²) in [6.45, 7) is 5.36. The molecular formula is C22H31F3O3. The summed E-state index contributed by atoms with van der Waals surface area (Å²) in [4.78, 5) is 11.3. The Morgan fingerprint density at radius 2 is 1.82 bits per heavy atom. The quantitative estimate of drug-likeness (QED) is 0.488. The van der Waals surface area contributed by atoms with Gasteiger partial charge in [0, 0.05) is 18.8 Å². The first kappa shape index (κ1) is 20.2. The van der Waals surface area contributed by atoms with Crippen LogP contribution >= 0.6 is 0 Å². The molecule has 3 nitrogen and oxygen atoms in total. The van der Waals surface area contributed by atoms with Crippen LogP contribution in [0.15, 0.2) is 11.6 Å². The molecular weight excluding hydrogens is 369 g/mol. The maximum atomic E-state index is 13.8. The number of carbonyl (C=O) groups excluding carboxylic acids is 1. The molecule has 0 bridgehead atoms. The van der Waals surface area contributed by atoms with Crippen molar-refractivity contribution in [1.29, 1.82) is 0 Å². The second kappa shape index (κ2) is 6.23. The van der Waals surface area contributed by atoms with Crippen LogP contribution in [0, 0.1) is 28.6 Å². The molecule has 1 N–H and O–H groups in total. The smallest absolute Gasteiger partial charge is 0.417 e. The zero-order chi connectivity index (χ0) is 20.5. The van der Waals surface area contributed by atoms with Crippen molar-refractivity contribution >= 4 is 5.97 Å². The maximum absolute atomic E-state index is 13.8. The van der Waals surface area contributed by atoms with Crippen LogP contribution in [0.4, 0.5) is 13.2 Å². The Morgan fingerprint density at radius 3 is 2.46 bits per heavy atom. The average Bonchev–Trinajstić information content (AvgIpc) is 2.87. The number of fused-ring (bicyclic) bond motifs is 5. The second-order valence-corrected chi connectivity index (χ2v) is 10.1. The summed E-state index contributed by atoms with van der Waals surface area (Å²) < 4.78 is 46.8. The highest BCUT2D eigenvalue weighted by Gasteiger charge is 2.72. The molecule has 0 aromatic carbocycles. The topological polar surface area (TPSA) is 46.5 Å². The summed E-state index contributed by atoms with van der Waals surface area (Å²) in [5, 5.41) is 10.7. The molecule has 0 aromatic heterocycles. The minimum atomic E-state index is -4.58. The van der Waals surface area contributed by atoms with E-state index in [9.17, 15) is 23.1 Å². The monoisotopic (exact) mass is 400 g/mol. The minimum Gasteiger partial charge on any atom is -0.462 e. The fourth-order valence-electron chi connectivity index (χ4n) is 7.44. The van der Waals surface area contributed by atoms with Crippen molar-refractivity contribution < 1.29 is 27.8 Å². The highest BCUT2D eigenvalue weighted by atomic mass is 19.4. The van der Waals surface area contributed by atoms with Crippen molar-refractivity contribution in [2.24, 2.45) is 28.6 Å². The van der Waals surface area contributed by atoms with E-state index < -0.39 is 17.2 Å². The second-order valence-electron chi connectivity index (χ2n) is 10.1. The zero-order valence-corrected chi connectivity index (χ0v) is 16.9. The molecule has 0 aliphatic heterocycles. The standard InChI is InChI=1S/C22H31F3O3/c1-13(26)28-15-6-9-19(2)14(12-15)4-5-16-17(19)7-10-20(3)18(16)8-11-21(20,27)22(23,24)25/h4,15-18,27H,5-12H2,1-3H3/t15?,16-,17-,18+,19+,20+,21?/m1/s1. The van der Waals surface area contributed by atoms with E-state index in [2.05, 4.69) is 13.0 Å². The fraction of sp³-hybridized carbons (Fsp3) is 0.864. The van der Waals surface area contributed by atoms with E-state index in [-0.39, 0.29) is 35.7 Å². The van der Waals surface area contributed by atoms with Crippen LogP contribution in [-0.4, -0.2) is 29.0 Å². The van der Waals surface area contributed by atoms with Gasteiger partial charge in [0.25, 0.3) is 0 Å². The van der Waals surface area contributed by atoms with E-state index >= 15 is 0 Å². The molecule has 0 radical (unpaired) electrons. The number of rotatable bonds is 1. The number of hydrogen-bond acceptors (Lipinski definition) is 3. The third-order valence-corrected chi connectivity index (χ3v) is 9.01. The lowest BCUT2D eigenvalue weighted by Crippen LogP contribution is -2.60. The normalized spacial score (nSPS) is 48.2. The van der Waals surface area contributed by atoms with Gasteiger partial charge in [0.1, 0.15) is 6.10 Å². The Balaban J connectivity index is 1.62. The van der Waals surface area contributed by atoms with Crippen LogP contribution in [0.2, 0.25) is 0 Å². The van der Waals surface area contributed by atoms with Crippen LogP contribution < -0.4 is 0 Å². The highest BCUT2D eigenvalue weighted by Crippen LogP contribution is 2.69. The molecule has 6 heteroatoms. The van der Waals surface area contributed by atoms with Crippen molar-refractivity contribution in [1.82, 2.24) is 0 Å². The number of halogens is 3. The number of carbonyl (C=O) groups is 1. The van der Waals surface area contributed by atoms with E-state index in [4.69, 9.17) is 4.74 Å². The van der Waals surface area contributed by atoms with Gasteiger partial charge in [-0.2, -0.15) is 13.2 Å². The summed E-state index contributed by atoms with van der Waals surface area (Å²) in [6.07, 6.45) is 2.21. The Hall–Kier alpha value is -1.04. The molecule has 0 saturated heterocycles. The van der Waals surface area contributed by atoms with Gasteiger partial charge in [0.2, 0.25) is 0 Å². The largest absolute Gasteiger partial charge is 0.462 e.